The predicted molar refractivity (Wildman–Crippen MR) is 79.5 cm³/mol. The lowest BCUT2D eigenvalue weighted by Gasteiger charge is -2.23. The van der Waals surface area contributed by atoms with Gasteiger partial charge in [0.25, 0.3) is 5.91 Å². The van der Waals surface area contributed by atoms with Crippen molar-refractivity contribution < 1.29 is 4.79 Å². The number of hydrogen-bond acceptors (Lipinski definition) is 3. The molecule has 20 heavy (non-hydrogen) atoms. The van der Waals surface area contributed by atoms with Crippen LogP contribution in [0.1, 0.15) is 43.0 Å². The molecule has 0 aliphatic heterocycles. The molecule has 106 valence electrons. The molecule has 0 spiro atoms. The van der Waals surface area contributed by atoms with Gasteiger partial charge in [-0.05, 0) is 31.4 Å². The molecular weight excluding hydrogens is 250 g/mol. The summed E-state index contributed by atoms with van der Waals surface area (Å²) in [4.78, 5) is 14.5. The summed E-state index contributed by atoms with van der Waals surface area (Å²) >= 11 is 0. The van der Waals surface area contributed by atoms with Crippen molar-refractivity contribution in [2.45, 2.75) is 38.6 Å². The van der Waals surface area contributed by atoms with E-state index in [1.165, 1.54) is 0 Å². The Labute approximate surface area is 120 Å². The van der Waals surface area contributed by atoms with E-state index in [2.05, 4.69) is 18.3 Å². The maximum atomic E-state index is 12.7. The van der Waals surface area contributed by atoms with Crippen molar-refractivity contribution in [2.75, 3.05) is 18.4 Å². The highest BCUT2D eigenvalue weighted by atomic mass is 16.2. The molecule has 4 heteroatoms. The molecule has 1 saturated carbocycles. The van der Waals surface area contributed by atoms with Gasteiger partial charge in [-0.25, -0.2) is 0 Å². The van der Waals surface area contributed by atoms with Gasteiger partial charge in [0.2, 0.25) is 0 Å². The number of para-hydroxylation sites is 1. The first-order valence-electron chi connectivity index (χ1n) is 7.28. The molecule has 1 aliphatic carbocycles. The minimum Gasteiger partial charge on any atom is -0.384 e. The number of rotatable bonds is 7. The van der Waals surface area contributed by atoms with Crippen molar-refractivity contribution in [2.24, 2.45) is 0 Å². The van der Waals surface area contributed by atoms with Crippen molar-refractivity contribution >= 4 is 11.6 Å². The molecule has 0 radical (unpaired) electrons. The van der Waals surface area contributed by atoms with Crippen LogP contribution < -0.4 is 5.32 Å². The van der Waals surface area contributed by atoms with Crippen LogP contribution in [0.2, 0.25) is 0 Å². The largest absolute Gasteiger partial charge is 0.384 e. The molecule has 4 nitrogen and oxygen atoms in total. The Balaban J connectivity index is 2.15. The molecule has 1 fully saturated rings. The molecule has 1 aliphatic rings. The zero-order chi connectivity index (χ0) is 14.4. The Kier molecular flexibility index (Phi) is 5.00. The molecule has 1 aromatic rings. The van der Waals surface area contributed by atoms with Crippen molar-refractivity contribution in [3.8, 4) is 6.07 Å². The Morgan fingerprint density at radius 3 is 2.85 bits per heavy atom. The van der Waals surface area contributed by atoms with Crippen LogP contribution in [0.5, 0.6) is 0 Å². The molecule has 1 aromatic carbocycles. The lowest BCUT2D eigenvalue weighted by molar-refractivity contribution is 0.0748. The number of nitriles is 1. The lowest BCUT2D eigenvalue weighted by Crippen LogP contribution is -2.34. The highest BCUT2D eigenvalue weighted by Gasteiger charge is 2.33. The molecule has 0 bridgehead atoms. The highest BCUT2D eigenvalue weighted by Crippen LogP contribution is 2.29. The monoisotopic (exact) mass is 271 g/mol. The number of nitrogens with zero attached hydrogens (tertiary/aromatic N) is 2. The lowest BCUT2D eigenvalue weighted by atomic mass is 10.1. The first kappa shape index (κ1) is 14.4. The maximum absolute atomic E-state index is 12.7. The fourth-order valence-corrected chi connectivity index (χ4v) is 2.24. The average Bonchev–Trinajstić information content (AvgIpc) is 3.30. The van der Waals surface area contributed by atoms with Crippen LogP contribution in [0.15, 0.2) is 24.3 Å². The molecule has 0 atom stereocenters. The van der Waals surface area contributed by atoms with Crippen LogP contribution >= 0.6 is 0 Å². The van der Waals surface area contributed by atoms with Gasteiger partial charge >= 0.3 is 0 Å². The minimum atomic E-state index is 0.0435. The maximum Gasteiger partial charge on any atom is 0.256 e. The Morgan fingerprint density at radius 2 is 2.20 bits per heavy atom. The van der Waals surface area contributed by atoms with Crippen LogP contribution in [-0.2, 0) is 0 Å². The standard InChI is InChI=1S/C16H21N3O/c1-2-11-18-15-7-4-3-6-14(15)16(20)19(12-5-10-17)13-8-9-13/h3-4,6-7,13,18H,2,5,8-9,11-12H2,1H3. The third-order valence-electron chi connectivity index (χ3n) is 3.44. The number of amides is 1. The number of carbonyl (C=O) groups excluding carboxylic acids is 1. The third-order valence-corrected chi connectivity index (χ3v) is 3.44. The van der Waals surface area contributed by atoms with Gasteiger partial charge in [-0.2, -0.15) is 5.26 Å². The minimum absolute atomic E-state index is 0.0435. The first-order valence-corrected chi connectivity index (χ1v) is 7.28. The summed E-state index contributed by atoms with van der Waals surface area (Å²) in [5.41, 5.74) is 1.60. The second-order valence-electron chi connectivity index (χ2n) is 5.11. The van der Waals surface area contributed by atoms with Gasteiger partial charge in [-0.1, -0.05) is 19.1 Å². The summed E-state index contributed by atoms with van der Waals surface area (Å²) in [5.74, 6) is 0.0435. The van der Waals surface area contributed by atoms with Crippen molar-refractivity contribution in [1.82, 2.24) is 4.90 Å². The molecule has 1 amide bonds. The summed E-state index contributed by atoms with van der Waals surface area (Å²) in [6.45, 7) is 3.48. The predicted octanol–water partition coefficient (Wildman–Crippen LogP) is 3.03. The molecule has 0 saturated heterocycles. The zero-order valence-corrected chi connectivity index (χ0v) is 11.9. The molecule has 0 unspecified atom stereocenters. The summed E-state index contributed by atoms with van der Waals surface area (Å²) in [7, 11) is 0. The first-order chi connectivity index (χ1) is 9.77. The Bertz CT molecular complexity index is 503. The van der Waals surface area contributed by atoms with E-state index in [0.717, 1.165) is 31.5 Å². The smallest absolute Gasteiger partial charge is 0.256 e. The second kappa shape index (κ2) is 6.95. The van der Waals surface area contributed by atoms with Gasteiger partial charge in [0.15, 0.2) is 0 Å². The SMILES string of the molecule is CCCNc1ccccc1C(=O)N(CCC#N)C1CC1. The normalized spacial score (nSPS) is 13.6. The Hall–Kier alpha value is -2.02. The van der Waals surface area contributed by atoms with E-state index < -0.39 is 0 Å². The number of benzene rings is 1. The van der Waals surface area contributed by atoms with Crippen LogP contribution in [0, 0.1) is 11.3 Å². The number of carbonyl (C=O) groups is 1. The van der Waals surface area contributed by atoms with Crippen LogP contribution in [0.4, 0.5) is 5.69 Å². The number of hydrogen-bond donors (Lipinski definition) is 1. The summed E-state index contributed by atoms with van der Waals surface area (Å²) in [5, 5.41) is 12.0. The average molecular weight is 271 g/mol. The van der Waals surface area contributed by atoms with E-state index in [9.17, 15) is 4.79 Å². The summed E-state index contributed by atoms with van der Waals surface area (Å²) < 4.78 is 0. The van der Waals surface area contributed by atoms with Gasteiger partial charge in [0.05, 0.1) is 18.1 Å². The van der Waals surface area contributed by atoms with Gasteiger partial charge < -0.3 is 10.2 Å². The van der Waals surface area contributed by atoms with E-state index in [4.69, 9.17) is 5.26 Å². The summed E-state index contributed by atoms with van der Waals surface area (Å²) in [6, 6.07) is 10.1. The fraction of sp³-hybridized carbons (Fsp3) is 0.500. The Morgan fingerprint density at radius 1 is 1.45 bits per heavy atom. The van der Waals surface area contributed by atoms with E-state index in [1.54, 1.807) is 0 Å². The van der Waals surface area contributed by atoms with E-state index in [0.29, 0.717) is 24.6 Å². The second-order valence-corrected chi connectivity index (χ2v) is 5.11. The highest BCUT2D eigenvalue weighted by molar-refractivity contribution is 6.00. The van der Waals surface area contributed by atoms with E-state index in [-0.39, 0.29) is 5.91 Å². The van der Waals surface area contributed by atoms with E-state index >= 15 is 0 Å². The molecule has 2 rings (SSSR count). The third kappa shape index (κ3) is 3.51. The van der Waals surface area contributed by atoms with Gasteiger partial charge in [0.1, 0.15) is 0 Å². The zero-order valence-electron chi connectivity index (χ0n) is 11.9. The van der Waals surface area contributed by atoms with Gasteiger partial charge in [-0.3, -0.25) is 4.79 Å². The van der Waals surface area contributed by atoms with Crippen LogP contribution in [-0.4, -0.2) is 29.9 Å². The topological polar surface area (TPSA) is 56.1 Å². The molecule has 0 heterocycles. The fourth-order valence-electron chi connectivity index (χ4n) is 2.24. The number of nitrogens with one attached hydrogen (secondary N) is 1. The van der Waals surface area contributed by atoms with Gasteiger partial charge in [-0.15, -0.1) is 0 Å². The summed E-state index contributed by atoms with van der Waals surface area (Å²) in [6.07, 6.45) is 3.53. The quantitative estimate of drug-likeness (QED) is 0.829. The van der Waals surface area contributed by atoms with Crippen molar-refractivity contribution in [3.63, 3.8) is 0 Å². The van der Waals surface area contributed by atoms with Crippen LogP contribution in [0.3, 0.4) is 0 Å². The van der Waals surface area contributed by atoms with Crippen LogP contribution in [0.25, 0.3) is 0 Å². The molecule has 1 N–H and O–H groups in total. The molecular formula is C16H21N3O. The van der Waals surface area contributed by atoms with Crippen molar-refractivity contribution in [1.29, 1.82) is 5.26 Å². The number of anilines is 1. The molecule has 0 aromatic heterocycles. The van der Waals surface area contributed by atoms with Crippen molar-refractivity contribution in [3.05, 3.63) is 29.8 Å². The van der Waals surface area contributed by atoms with E-state index in [1.807, 2.05) is 29.2 Å². The van der Waals surface area contributed by atoms with Gasteiger partial charge in [0, 0.05) is 24.8 Å².